The Balaban J connectivity index is 2.06. The molecule has 1 spiro atoms. The number of carbonyl (C=O) groups excluding carboxylic acids is 1. The summed E-state index contributed by atoms with van der Waals surface area (Å²) in [7, 11) is 0. The Kier molecular flexibility index (Phi) is 2.10. The fourth-order valence-electron chi connectivity index (χ4n) is 2.97. The van der Waals surface area contributed by atoms with Gasteiger partial charge in [-0.25, -0.2) is 0 Å². The predicted molar refractivity (Wildman–Crippen MR) is 56.0 cm³/mol. The van der Waals surface area contributed by atoms with Crippen LogP contribution in [0.4, 0.5) is 4.79 Å². The van der Waals surface area contributed by atoms with Crippen molar-refractivity contribution < 1.29 is 4.79 Å². The van der Waals surface area contributed by atoms with Crippen molar-refractivity contribution in [2.75, 3.05) is 13.1 Å². The summed E-state index contributed by atoms with van der Waals surface area (Å²) in [6.45, 7) is 6.45. The molecule has 1 heterocycles. The zero-order valence-corrected chi connectivity index (χ0v) is 9.18. The van der Waals surface area contributed by atoms with Gasteiger partial charge < -0.3 is 4.90 Å². The summed E-state index contributed by atoms with van der Waals surface area (Å²) >= 11 is 3.89. The first-order valence-corrected chi connectivity index (χ1v) is 5.50. The molecule has 1 aliphatic heterocycles. The highest BCUT2D eigenvalue weighted by Crippen LogP contribution is 2.62. The Morgan fingerprint density at radius 2 is 2.08 bits per heavy atom. The lowest BCUT2D eigenvalue weighted by Crippen LogP contribution is -2.39. The Morgan fingerprint density at radius 1 is 1.46 bits per heavy atom. The molecule has 13 heavy (non-hydrogen) atoms. The smallest absolute Gasteiger partial charge is 0.278 e. The van der Waals surface area contributed by atoms with E-state index in [0.29, 0.717) is 5.41 Å². The lowest BCUT2D eigenvalue weighted by molar-refractivity contribution is 0.168. The SMILES string of the molecule is CC1C(C)C12CCCN(C(=O)S)C2. The minimum Gasteiger partial charge on any atom is -0.333 e. The molecule has 2 unspecified atom stereocenters. The molecule has 0 N–H and O–H groups in total. The van der Waals surface area contributed by atoms with Gasteiger partial charge in [-0.3, -0.25) is 4.79 Å². The Labute approximate surface area is 85.1 Å². The van der Waals surface area contributed by atoms with Crippen molar-refractivity contribution in [3.63, 3.8) is 0 Å². The van der Waals surface area contributed by atoms with Crippen LogP contribution in [0.1, 0.15) is 26.7 Å². The maximum Gasteiger partial charge on any atom is 0.278 e. The molecule has 74 valence electrons. The Bertz CT molecular complexity index is 233. The van der Waals surface area contributed by atoms with Crippen molar-refractivity contribution in [1.82, 2.24) is 4.90 Å². The molecular formula is C10H17NOS. The minimum absolute atomic E-state index is 0.0506. The number of amides is 1. The zero-order valence-electron chi connectivity index (χ0n) is 8.29. The summed E-state index contributed by atoms with van der Waals surface area (Å²) in [5, 5.41) is -0.0506. The first kappa shape index (κ1) is 9.38. The van der Waals surface area contributed by atoms with Crippen LogP contribution < -0.4 is 0 Å². The van der Waals surface area contributed by atoms with Gasteiger partial charge in [0.25, 0.3) is 5.24 Å². The van der Waals surface area contributed by atoms with Gasteiger partial charge in [-0.15, -0.1) is 0 Å². The molecule has 2 rings (SSSR count). The summed E-state index contributed by atoms with van der Waals surface area (Å²) in [5.74, 6) is 1.59. The van der Waals surface area contributed by atoms with Gasteiger partial charge >= 0.3 is 0 Å². The van der Waals surface area contributed by atoms with E-state index >= 15 is 0 Å². The summed E-state index contributed by atoms with van der Waals surface area (Å²) in [6.07, 6.45) is 2.45. The molecule has 1 saturated carbocycles. The highest BCUT2D eigenvalue weighted by atomic mass is 32.1. The molecule has 3 heteroatoms. The molecule has 2 nitrogen and oxygen atoms in total. The fourth-order valence-corrected chi connectivity index (χ4v) is 3.14. The van der Waals surface area contributed by atoms with Gasteiger partial charge in [0.1, 0.15) is 0 Å². The summed E-state index contributed by atoms with van der Waals surface area (Å²) < 4.78 is 0. The van der Waals surface area contributed by atoms with Gasteiger partial charge in [0.2, 0.25) is 0 Å². The highest BCUT2D eigenvalue weighted by molar-refractivity contribution is 7.96. The van der Waals surface area contributed by atoms with E-state index in [1.54, 1.807) is 0 Å². The van der Waals surface area contributed by atoms with Crippen molar-refractivity contribution in [1.29, 1.82) is 0 Å². The lowest BCUT2D eigenvalue weighted by atomic mass is 9.91. The number of piperidine rings is 1. The third kappa shape index (κ3) is 1.28. The molecule has 2 fully saturated rings. The fraction of sp³-hybridized carbons (Fsp3) is 0.900. The number of thiol groups is 1. The van der Waals surface area contributed by atoms with Crippen LogP contribution in [0.3, 0.4) is 0 Å². The van der Waals surface area contributed by atoms with E-state index < -0.39 is 0 Å². The average Bonchev–Trinajstić information content (AvgIpc) is 2.58. The van der Waals surface area contributed by atoms with Gasteiger partial charge in [0.15, 0.2) is 0 Å². The number of hydrogen-bond acceptors (Lipinski definition) is 1. The molecule has 0 aromatic rings. The van der Waals surface area contributed by atoms with Crippen molar-refractivity contribution in [2.24, 2.45) is 17.3 Å². The van der Waals surface area contributed by atoms with Gasteiger partial charge in [-0.1, -0.05) is 26.5 Å². The Morgan fingerprint density at radius 3 is 2.54 bits per heavy atom. The summed E-state index contributed by atoms with van der Waals surface area (Å²) in [6, 6.07) is 0. The van der Waals surface area contributed by atoms with Crippen molar-refractivity contribution in [2.45, 2.75) is 26.7 Å². The van der Waals surface area contributed by atoms with E-state index in [0.717, 1.165) is 31.3 Å². The second-order valence-electron chi connectivity index (χ2n) is 4.62. The van der Waals surface area contributed by atoms with Gasteiger partial charge in [0, 0.05) is 13.1 Å². The highest BCUT2D eigenvalue weighted by Gasteiger charge is 2.60. The molecule has 1 amide bonds. The van der Waals surface area contributed by atoms with E-state index in [9.17, 15) is 4.79 Å². The van der Waals surface area contributed by atoms with Gasteiger partial charge in [0.05, 0.1) is 0 Å². The average molecular weight is 199 g/mol. The van der Waals surface area contributed by atoms with Crippen LogP contribution in [0.15, 0.2) is 0 Å². The van der Waals surface area contributed by atoms with Crippen LogP contribution in [0.2, 0.25) is 0 Å². The van der Waals surface area contributed by atoms with E-state index in [2.05, 4.69) is 26.5 Å². The number of hydrogen-bond donors (Lipinski definition) is 1. The third-order valence-corrected chi connectivity index (χ3v) is 4.56. The van der Waals surface area contributed by atoms with Gasteiger partial charge in [-0.05, 0) is 30.1 Å². The molecule has 0 aromatic heterocycles. The summed E-state index contributed by atoms with van der Waals surface area (Å²) in [4.78, 5) is 13.0. The van der Waals surface area contributed by atoms with Gasteiger partial charge in [-0.2, -0.15) is 0 Å². The van der Waals surface area contributed by atoms with Crippen LogP contribution in [0, 0.1) is 17.3 Å². The standard InChI is InChI=1S/C10H17NOS/c1-7-8(2)10(7)4-3-5-11(6-10)9(12)13/h7-8H,3-6H2,1-2H3,(H,12,13). The normalized spacial score (nSPS) is 43.8. The van der Waals surface area contributed by atoms with Crippen molar-refractivity contribution in [3.05, 3.63) is 0 Å². The molecular weight excluding hydrogens is 182 g/mol. The van der Waals surface area contributed by atoms with Crippen LogP contribution in [-0.4, -0.2) is 23.2 Å². The maximum absolute atomic E-state index is 11.1. The summed E-state index contributed by atoms with van der Waals surface area (Å²) in [5.41, 5.74) is 0.455. The number of carbonyl (C=O) groups is 1. The molecule has 1 aliphatic carbocycles. The largest absolute Gasteiger partial charge is 0.333 e. The molecule has 0 aromatic carbocycles. The zero-order chi connectivity index (χ0) is 9.64. The molecule has 1 saturated heterocycles. The molecule has 0 bridgehead atoms. The van der Waals surface area contributed by atoms with Crippen LogP contribution in [-0.2, 0) is 0 Å². The van der Waals surface area contributed by atoms with Crippen LogP contribution in [0.25, 0.3) is 0 Å². The van der Waals surface area contributed by atoms with E-state index in [4.69, 9.17) is 0 Å². The second kappa shape index (κ2) is 2.91. The predicted octanol–water partition coefficient (Wildman–Crippen LogP) is 2.40. The van der Waals surface area contributed by atoms with Crippen LogP contribution in [0.5, 0.6) is 0 Å². The van der Waals surface area contributed by atoms with E-state index in [1.807, 2.05) is 4.90 Å². The quantitative estimate of drug-likeness (QED) is 0.594. The van der Waals surface area contributed by atoms with E-state index in [1.165, 1.54) is 6.42 Å². The molecule has 2 aliphatic rings. The van der Waals surface area contributed by atoms with Crippen molar-refractivity contribution in [3.8, 4) is 0 Å². The molecule has 0 radical (unpaired) electrons. The first-order chi connectivity index (χ1) is 6.08. The van der Waals surface area contributed by atoms with E-state index in [-0.39, 0.29) is 5.24 Å². The Hall–Kier alpha value is -0.180. The second-order valence-corrected chi connectivity index (χ2v) is 5.00. The number of nitrogens with zero attached hydrogens (tertiary/aromatic N) is 1. The van der Waals surface area contributed by atoms with Crippen LogP contribution >= 0.6 is 12.6 Å². The minimum atomic E-state index is -0.0506. The topological polar surface area (TPSA) is 20.3 Å². The number of rotatable bonds is 0. The lowest BCUT2D eigenvalue weighted by Gasteiger charge is -2.33. The maximum atomic E-state index is 11.1. The molecule has 2 atom stereocenters. The first-order valence-electron chi connectivity index (χ1n) is 5.06. The monoisotopic (exact) mass is 199 g/mol. The third-order valence-electron chi connectivity index (χ3n) is 4.28. The van der Waals surface area contributed by atoms with Crippen molar-refractivity contribution >= 4 is 17.9 Å². The number of likely N-dealkylation sites (tertiary alicyclic amines) is 1.